The van der Waals surface area contributed by atoms with Crippen LogP contribution in [0, 0.1) is 12.8 Å². The second-order valence-corrected chi connectivity index (χ2v) is 5.53. The van der Waals surface area contributed by atoms with E-state index >= 15 is 0 Å². The van der Waals surface area contributed by atoms with Gasteiger partial charge in [0, 0.05) is 24.8 Å². The molecule has 4 heteroatoms. The summed E-state index contributed by atoms with van der Waals surface area (Å²) < 4.78 is 4.76. The Morgan fingerprint density at radius 1 is 1.56 bits per heavy atom. The van der Waals surface area contributed by atoms with Gasteiger partial charge in [-0.05, 0) is 37.3 Å². The van der Waals surface area contributed by atoms with E-state index in [-0.39, 0.29) is 5.97 Å². The Balaban J connectivity index is 1.68. The molecule has 0 amide bonds. The number of rotatable bonds is 3. The van der Waals surface area contributed by atoms with Gasteiger partial charge in [-0.25, -0.2) is 4.79 Å². The van der Waals surface area contributed by atoms with Crippen molar-refractivity contribution in [1.82, 2.24) is 9.88 Å². The van der Waals surface area contributed by atoms with E-state index in [1.165, 1.54) is 32.9 Å². The topological polar surface area (TPSA) is 45.3 Å². The van der Waals surface area contributed by atoms with E-state index in [1.807, 2.05) is 6.92 Å². The van der Waals surface area contributed by atoms with Gasteiger partial charge in [-0.3, -0.25) is 4.90 Å². The van der Waals surface area contributed by atoms with Gasteiger partial charge in [0.15, 0.2) is 0 Å². The molecule has 98 valence electrons. The van der Waals surface area contributed by atoms with Crippen molar-refractivity contribution in [1.29, 1.82) is 0 Å². The number of carbonyl (C=O) groups is 1. The summed E-state index contributed by atoms with van der Waals surface area (Å²) in [5.74, 6) is 0.655. The third-order valence-corrected chi connectivity index (χ3v) is 4.39. The molecule has 18 heavy (non-hydrogen) atoms. The van der Waals surface area contributed by atoms with Gasteiger partial charge < -0.3 is 9.72 Å². The van der Waals surface area contributed by atoms with Crippen LogP contribution < -0.4 is 0 Å². The van der Waals surface area contributed by atoms with E-state index in [2.05, 4.69) is 16.0 Å². The van der Waals surface area contributed by atoms with Gasteiger partial charge in [-0.1, -0.05) is 6.42 Å². The number of nitrogens with one attached hydrogen (secondary N) is 1. The van der Waals surface area contributed by atoms with Gasteiger partial charge >= 0.3 is 5.97 Å². The monoisotopic (exact) mass is 248 g/mol. The second-order valence-electron chi connectivity index (χ2n) is 5.53. The maximum absolute atomic E-state index is 11.5. The summed E-state index contributed by atoms with van der Waals surface area (Å²) >= 11 is 0. The zero-order valence-electron chi connectivity index (χ0n) is 11.0. The van der Waals surface area contributed by atoms with Crippen LogP contribution in [0.4, 0.5) is 0 Å². The Morgan fingerprint density at radius 3 is 3.11 bits per heavy atom. The lowest BCUT2D eigenvalue weighted by atomic mass is 9.92. The lowest BCUT2D eigenvalue weighted by Crippen LogP contribution is -2.52. The molecule has 0 bridgehead atoms. The van der Waals surface area contributed by atoms with Crippen molar-refractivity contribution < 1.29 is 9.53 Å². The van der Waals surface area contributed by atoms with Crippen molar-refractivity contribution in [3.8, 4) is 0 Å². The largest absolute Gasteiger partial charge is 0.464 e. The molecule has 1 saturated heterocycles. The molecule has 2 fully saturated rings. The van der Waals surface area contributed by atoms with Crippen molar-refractivity contribution in [2.24, 2.45) is 5.92 Å². The molecular weight excluding hydrogens is 228 g/mol. The molecule has 2 heterocycles. The maximum Gasteiger partial charge on any atom is 0.354 e. The van der Waals surface area contributed by atoms with E-state index < -0.39 is 0 Å². The molecule has 4 nitrogen and oxygen atoms in total. The molecule has 1 aliphatic heterocycles. The van der Waals surface area contributed by atoms with E-state index in [0.717, 1.165) is 29.8 Å². The fraction of sp³-hybridized carbons (Fsp3) is 0.643. The second kappa shape index (κ2) is 4.43. The minimum atomic E-state index is -0.277. The molecule has 2 aliphatic rings. The van der Waals surface area contributed by atoms with Crippen molar-refractivity contribution in [2.75, 3.05) is 13.7 Å². The number of nitrogens with zero attached hydrogens (tertiary/aromatic N) is 1. The first-order chi connectivity index (χ1) is 8.69. The number of aromatic nitrogens is 1. The number of hydrogen-bond donors (Lipinski definition) is 1. The summed E-state index contributed by atoms with van der Waals surface area (Å²) in [5, 5.41) is 0. The maximum atomic E-state index is 11.5. The number of hydrogen-bond acceptors (Lipinski definition) is 3. The van der Waals surface area contributed by atoms with Gasteiger partial charge in [0.1, 0.15) is 5.69 Å². The number of aryl methyl sites for hydroxylation is 1. The number of ether oxygens (including phenoxy) is 1. The standard InChI is InChI=1S/C14H20N2O2/c1-9-6-11(15-13(9)14(17)18-2)8-16-7-10-4-3-5-12(10)16/h6,10,12,15H,3-5,7-8H2,1-2H3. The van der Waals surface area contributed by atoms with Crippen LogP contribution in [0.1, 0.15) is 41.0 Å². The number of H-pyrrole nitrogens is 1. The Kier molecular flexibility index (Phi) is 2.90. The molecule has 0 spiro atoms. The SMILES string of the molecule is COC(=O)c1[nH]c(CN2CC3CCCC32)cc1C. The number of fused-ring (bicyclic) bond motifs is 1. The van der Waals surface area contributed by atoms with Crippen LogP contribution in [0.5, 0.6) is 0 Å². The van der Waals surface area contributed by atoms with Gasteiger partial charge in [-0.2, -0.15) is 0 Å². The highest BCUT2D eigenvalue weighted by molar-refractivity contribution is 5.89. The Labute approximate surface area is 107 Å². The van der Waals surface area contributed by atoms with Gasteiger partial charge in [0.25, 0.3) is 0 Å². The minimum absolute atomic E-state index is 0.277. The summed E-state index contributed by atoms with van der Waals surface area (Å²) in [7, 11) is 1.42. The van der Waals surface area contributed by atoms with Crippen LogP contribution in [-0.2, 0) is 11.3 Å². The fourth-order valence-electron chi connectivity index (χ4n) is 3.44. The quantitative estimate of drug-likeness (QED) is 0.833. The van der Waals surface area contributed by atoms with Gasteiger partial charge in [-0.15, -0.1) is 0 Å². The predicted octanol–water partition coefficient (Wildman–Crippen LogP) is 2.09. The molecule has 0 aromatic carbocycles. The van der Waals surface area contributed by atoms with Crippen LogP contribution in [0.3, 0.4) is 0 Å². The van der Waals surface area contributed by atoms with Crippen molar-refractivity contribution in [3.63, 3.8) is 0 Å². The summed E-state index contributed by atoms with van der Waals surface area (Å²) in [5.41, 5.74) is 2.69. The van der Waals surface area contributed by atoms with Crippen molar-refractivity contribution in [2.45, 2.75) is 38.8 Å². The summed E-state index contributed by atoms with van der Waals surface area (Å²) in [6.07, 6.45) is 4.12. The molecule has 2 atom stereocenters. The average molecular weight is 248 g/mol. The lowest BCUT2D eigenvalue weighted by molar-refractivity contribution is 0.0294. The number of aromatic amines is 1. The van der Waals surface area contributed by atoms with Crippen LogP contribution >= 0.6 is 0 Å². The predicted molar refractivity (Wildman–Crippen MR) is 68.4 cm³/mol. The van der Waals surface area contributed by atoms with Crippen LogP contribution in [0.2, 0.25) is 0 Å². The molecule has 3 rings (SSSR count). The summed E-state index contributed by atoms with van der Waals surface area (Å²) in [4.78, 5) is 17.2. The smallest absolute Gasteiger partial charge is 0.354 e. The molecule has 1 saturated carbocycles. The van der Waals surface area contributed by atoms with Gasteiger partial charge in [0.2, 0.25) is 0 Å². The Hall–Kier alpha value is -1.29. The molecule has 2 unspecified atom stereocenters. The minimum Gasteiger partial charge on any atom is -0.464 e. The molecule has 0 radical (unpaired) electrons. The van der Waals surface area contributed by atoms with Crippen LogP contribution in [0.15, 0.2) is 6.07 Å². The molecular formula is C14H20N2O2. The van der Waals surface area contributed by atoms with Crippen molar-refractivity contribution in [3.05, 3.63) is 23.0 Å². The summed E-state index contributed by atoms with van der Waals surface area (Å²) in [6, 6.07) is 2.85. The highest BCUT2D eigenvalue weighted by Gasteiger charge is 2.41. The van der Waals surface area contributed by atoms with Crippen LogP contribution in [-0.4, -0.2) is 35.5 Å². The zero-order chi connectivity index (χ0) is 12.7. The normalized spacial score (nSPS) is 26.8. The third-order valence-electron chi connectivity index (χ3n) is 4.39. The van der Waals surface area contributed by atoms with Crippen LogP contribution in [0.25, 0.3) is 0 Å². The van der Waals surface area contributed by atoms with E-state index in [1.54, 1.807) is 0 Å². The lowest BCUT2D eigenvalue weighted by Gasteiger charge is -2.44. The first-order valence-electron chi connectivity index (χ1n) is 6.70. The number of methoxy groups -OCH3 is 1. The molecule has 1 aromatic heterocycles. The molecule has 1 aliphatic carbocycles. The first-order valence-corrected chi connectivity index (χ1v) is 6.70. The fourth-order valence-corrected chi connectivity index (χ4v) is 3.44. The molecule has 1 N–H and O–H groups in total. The number of likely N-dealkylation sites (tertiary alicyclic amines) is 1. The molecule has 1 aromatic rings. The zero-order valence-corrected chi connectivity index (χ0v) is 11.0. The van der Waals surface area contributed by atoms with Crippen molar-refractivity contribution >= 4 is 5.97 Å². The highest BCUT2D eigenvalue weighted by atomic mass is 16.5. The first kappa shape index (κ1) is 11.8. The Morgan fingerprint density at radius 2 is 2.39 bits per heavy atom. The average Bonchev–Trinajstić information content (AvgIpc) is 2.89. The highest BCUT2D eigenvalue weighted by Crippen LogP contribution is 2.39. The van der Waals surface area contributed by atoms with Gasteiger partial charge in [0.05, 0.1) is 7.11 Å². The van der Waals surface area contributed by atoms with E-state index in [4.69, 9.17) is 4.74 Å². The summed E-state index contributed by atoms with van der Waals surface area (Å²) in [6.45, 7) is 4.09. The third kappa shape index (κ3) is 1.85. The van der Waals surface area contributed by atoms with E-state index in [9.17, 15) is 4.79 Å². The van der Waals surface area contributed by atoms with E-state index in [0.29, 0.717) is 5.69 Å². The Bertz CT molecular complexity index is 466. The number of esters is 1. The number of carbonyl (C=O) groups excluding carboxylic acids is 1.